The number of hydrogen-bond acceptors (Lipinski definition) is 10. The molecule has 2 unspecified atom stereocenters. The summed E-state index contributed by atoms with van der Waals surface area (Å²) in [4.78, 5) is 41.4. The lowest BCUT2D eigenvalue weighted by molar-refractivity contribution is -0.165. The van der Waals surface area contributed by atoms with Crippen molar-refractivity contribution in [3.8, 4) is 0 Å². The summed E-state index contributed by atoms with van der Waals surface area (Å²) in [7, 11) is 2.16. The molecule has 192 valence electrons. The number of ether oxygens (including phenoxy) is 1. The van der Waals surface area contributed by atoms with E-state index in [4.69, 9.17) is 45.6 Å². The molecule has 0 amide bonds. The number of benzene rings is 1. The fourth-order valence-electron chi connectivity index (χ4n) is 2.46. The Balaban J connectivity index is 0.000000495. The molecular weight excluding hydrogens is 462 g/mol. The number of aliphatic hydroxyl groups excluding tert-OH is 4. The van der Waals surface area contributed by atoms with Crippen LogP contribution in [0.15, 0.2) is 30.3 Å². The molecule has 0 spiro atoms. The summed E-state index contributed by atoms with van der Waals surface area (Å²) < 4.78 is 5.80. The number of hydrogen-bond donors (Lipinski definition) is 8. The van der Waals surface area contributed by atoms with Gasteiger partial charge in [0.1, 0.15) is 0 Å². The summed E-state index contributed by atoms with van der Waals surface area (Å²) in [5.41, 5.74) is 1.28. The van der Waals surface area contributed by atoms with E-state index in [2.05, 4.69) is 43.1 Å². The number of rotatable bonds is 7. The van der Waals surface area contributed by atoms with Gasteiger partial charge in [0.2, 0.25) is 0 Å². The highest BCUT2D eigenvalue weighted by Crippen LogP contribution is 2.26. The van der Waals surface area contributed by atoms with Crippen LogP contribution in [0.4, 0.5) is 0 Å². The fourth-order valence-corrected chi connectivity index (χ4v) is 2.46. The zero-order valence-corrected chi connectivity index (χ0v) is 18.3. The maximum absolute atomic E-state index is 9.77. The molecule has 2 rings (SSSR count). The average Bonchev–Trinajstić information content (AvgIpc) is 2.79. The molecule has 0 aliphatic carbocycles. The first-order valence-corrected chi connectivity index (χ1v) is 9.72. The second-order valence-electron chi connectivity index (χ2n) is 7.06. The fraction of sp³-hybridized carbons (Fsp3) is 0.500. The average molecular weight is 491 g/mol. The summed E-state index contributed by atoms with van der Waals surface area (Å²) in [5.74, 6) is -7.07. The third-order valence-corrected chi connectivity index (χ3v) is 4.61. The standard InChI is InChI=1S/C12H17NO.2C4H6O6/c1-10-12(14-9-8-13(10)2)11-6-4-3-5-7-11;2*5-1(3(7)8)2(6)4(9)10/h3-7,10,12H,8-9H2,1-2H3;2*1-2,5-6H,(H,7,8)(H,9,10)/t;2*1-,2-/m.11/s1. The SMILES string of the molecule is CC1C(c2ccccc2)OCCN1C.O=C(O)[C@H](O)[C@@H](O)C(=O)O.O=C(O)[C@H](O)[C@@H](O)C(=O)O. The van der Waals surface area contributed by atoms with Crippen LogP contribution >= 0.6 is 0 Å². The minimum Gasteiger partial charge on any atom is -0.479 e. The van der Waals surface area contributed by atoms with Crippen LogP contribution in [0.1, 0.15) is 18.6 Å². The van der Waals surface area contributed by atoms with Gasteiger partial charge in [0, 0.05) is 12.6 Å². The first-order chi connectivity index (χ1) is 15.7. The van der Waals surface area contributed by atoms with Crippen molar-refractivity contribution in [2.75, 3.05) is 20.2 Å². The van der Waals surface area contributed by atoms with E-state index < -0.39 is 48.3 Å². The minimum absolute atomic E-state index is 0.231. The zero-order chi connectivity index (χ0) is 26.6. The van der Waals surface area contributed by atoms with Crippen molar-refractivity contribution in [2.45, 2.75) is 43.5 Å². The first kappa shape index (κ1) is 30.9. The number of nitrogens with zero attached hydrogens (tertiary/aromatic N) is 1. The van der Waals surface area contributed by atoms with Gasteiger partial charge in [-0.15, -0.1) is 0 Å². The molecule has 0 aromatic heterocycles. The predicted molar refractivity (Wildman–Crippen MR) is 112 cm³/mol. The second kappa shape index (κ2) is 14.9. The summed E-state index contributed by atoms with van der Waals surface area (Å²) in [6, 6.07) is 10.9. The summed E-state index contributed by atoms with van der Waals surface area (Å²) in [6.07, 6.45) is -8.83. The number of likely N-dealkylation sites (N-methyl/N-ethyl adjacent to an activating group) is 1. The Morgan fingerprint density at radius 2 is 1.15 bits per heavy atom. The van der Waals surface area contributed by atoms with Crippen LogP contribution in [-0.2, 0) is 23.9 Å². The molecule has 0 saturated carbocycles. The van der Waals surface area contributed by atoms with Gasteiger partial charge in [-0.05, 0) is 19.5 Å². The lowest BCUT2D eigenvalue weighted by atomic mass is 10.0. The van der Waals surface area contributed by atoms with Crippen LogP contribution < -0.4 is 0 Å². The summed E-state index contributed by atoms with van der Waals surface area (Å²) in [6.45, 7) is 4.09. The van der Waals surface area contributed by atoms with Crippen LogP contribution in [0.3, 0.4) is 0 Å². The largest absolute Gasteiger partial charge is 0.479 e. The molecule has 8 N–H and O–H groups in total. The minimum atomic E-state index is -2.27. The Morgan fingerprint density at radius 3 is 1.47 bits per heavy atom. The summed E-state index contributed by atoms with van der Waals surface area (Å²) in [5, 5.41) is 65.1. The van der Waals surface area contributed by atoms with Gasteiger partial charge in [-0.25, -0.2) is 19.2 Å². The number of carboxylic acids is 4. The van der Waals surface area contributed by atoms with Gasteiger partial charge in [0.25, 0.3) is 0 Å². The third-order valence-electron chi connectivity index (χ3n) is 4.61. The van der Waals surface area contributed by atoms with Gasteiger partial charge in [-0.1, -0.05) is 30.3 Å². The molecule has 34 heavy (non-hydrogen) atoms. The molecule has 0 bridgehead atoms. The molecule has 1 aliphatic rings. The molecule has 1 aliphatic heterocycles. The van der Waals surface area contributed by atoms with E-state index >= 15 is 0 Å². The van der Waals surface area contributed by atoms with E-state index in [9.17, 15) is 19.2 Å². The maximum Gasteiger partial charge on any atom is 0.335 e. The Bertz CT molecular complexity index is 731. The van der Waals surface area contributed by atoms with E-state index in [1.165, 1.54) is 5.56 Å². The maximum atomic E-state index is 9.77. The van der Waals surface area contributed by atoms with Gasteiger partial charge >= 0.3 is 23.9 Å². The van der Waals surface area contributed by atoms with Crippen LogP contribution in [0, 0.1) is 0 Å². The molecular formula is C20H29NO13. The molecule has 14 nitrogen and oxygen atoms in total. The molecule has 1 heterocycles. The Labute approximate surface area is 193 Å². The van der Waals surface area contributed by atoms with E-state index in [1.807, 2.05) is 6.07 Å². The van der Waals surface area contributed by atoms with Gasteiger partial charge in [-0.2, -0.15) is 0 Å². The summed E-state index contributed by atoms with van der Waals surface area (Å²) >= 11 is 0. The molecule has 14 heteroatoms. The number of carbonyl (C=O) groups is 4. The van der Waals surface area contributed by atoms with Crippen LogP contribution in [0.25, 0.3) is 0 Å². The van der Waals surface area contributed by atoms with Crippen molar-refractivity contribution in [3.63, 3.8) is 0 Å². The predicted octanol–water partition coefficient (Wildman–Crippen LogP) is -2.17. The second-order valence-corrected chi connectivity index (χ2v) is 7.06. The monoisotopic (exact) mass is 491 g/mol. The first-order valence-electron chi connectivity index (χ1n) is 9.72. The normalized spacial score (nSPS) is 21.2. The van der Waals surface area contributed by atoms with Crippen molar-refractivity contribution in [2.24, 2.45) is 0 Å². The molecule has 1 aromatic carbocycles. The highest BCUT2D eigenvalue weighted by Gasteiger charge is 2.30. The van der Waals surface area contributed by atoms with E-state index in [0.717, 1.165) is 13.2 Å². The number of aliphatic hydroxyl groups is 4. The molecule has 0 radical (unpaired) electrons. The highest BCUT2D eigenvalue weighted by molar-refractivity contribution is 5.83. The lowest BCUT2D eigenvalue weighted by Gasteiger charge is -2.37. The van der Waals surface area contributed by atoms with E-state index in [1.54, 1.807) is 0 Å². The molecule has 1 saturated heterocycles. The van der Waals surface area contributed by atoms with Crippen LogP contribution in [0.2, 0.25) is 0 Å². The lowest BCUT2D eigenvalue weighted by Crippen LogP contribution is -2.42. The number of carboxylic acid groups (broad SMARTS) is 4. The van der Waals surface area contributed by atoms with E-state index in [-0.39, 0.29) is 6.10 Å². The van der Waals surface area contributed by atoms with E-state index in [0.29, 0.717) is 6.04 Å². The number of aliphatic carboxylic acids is 4. The van der Waals surface area contributed by atoms with Crippen molar-refractivity contribution in [1.82, 2.24) is 4.90 Å². The van der Waals surface area contributed by atoms with Crippen molar-refractivity contribution in [3.05, 3.63) is 35.9 Å². The van der Waals surface area contributed by atoms with Crippen molar-refractivity contribution >= 4 is 23.9 Å². The number of morpholine rings is 1. The molecule has 1 aromatic rings. The van der Waals surface area contributed by atoms with Gasteiger partial charge in [0.15, 0.2) is 24.4 Å². The zero-order valence-electron chi connectivity index (χ0n) is 18.3. The molecule has 6 atom stereocenters. The molecule has 1 fully saturated rings. The van der Waals surface area contributed by atoms with Gasteiger partial charge < -0.3 is 45.6 Å². The quantitative estimate of drug-likeness (QED) is 0.202. The topological polar surface area (TPSA) is 243 Å². The Kier molecular flexibility index (Phi) is 13.5. The van der Waals surface area contributed by atoms with Gasteiger partial charge in [0.05, 0.1) is 12.7 Å². The van der Waals surface area contributed by atoms with Crippen molar-refractivity contribution < 1.29 is 64.8 Å². The smallest absolute Gasteiger partial charge is 0.335 e. The third kappa shape index (κ3) is 10.2. The Morgan fingerprint density at radius 1 is 0.794 bits per heavy atom. The highest BCUT2D eigenvalue weighted by atomic mass is 16.5. The van der Waals surface area contributed by atoms with Crippen LogP contribution in [-0.4, -0.2) is 120 Å². The van der Waals surface area contributed by atoms with Crippen LogP contribution in [0.5, 0.6) is 0 Å². The van der Waals surface area contributed by atoms with Crippen molar-refractivity contribution in [1.29, 1.82) is 0 Å². The van der Waals surface area contributed by atoms with Gasteiger partial charge in [-0.3, -0.25) is 4.90 Å². The Hall–Kier alpha value is -3.14.